The number of aliphatic imine (C=N–C) groups is 1. The molecule has 5 nitrogen and oxygen atoms in total. The first kappa shape index (κ1) is 18.3. The molecule has 2 N–H and O–H groups in total. The van der Waals surface area contributed by atoms with Gasteiger partial charge < -0.3 is 19.5 Å². The Labute approximate surface area is 154 Å². The lowest BCUT2D eigenvalue weighted by Gasteiger charge is -2.25. The van der Waals surface area contributed by atoms with E-state index in [2.05, 4.69) is 17.1 Å². The molecule has 1 aliphatic rings. The van der Waals surface area contributed by atoms with Gasteiger partial charge in [-0.25, -0.2) is 0 Å². The van der Waals surface area contributed by atoms with Crippen molar-refractivity contribution in [2.75, 3.05) is 33.9 Å². The second-order valence-electron chi connectivity index (χ2n) is 6.58. The van der Waals surface area contributed by atoms with Crippen LogP contribution in [0.5, 0.6) is 17.2 Å². The maximum Gasteiger partial charge on any atom is 0.136 e. The van der Waals surface area contributed by atoms with Crippen LogP contribution in [0.2, 0.25) is 0 Å². The normalized spacial score (nSPS) is 16.1. The van der Waals surface area contributed by atoms with Gasteiger partial charge in [-0.1, -0.05) is 12.1 Å². The average Bonchev–Trinajstić information content (AvgIpc) is 3.21. The highest BCUT2D eigenvalue weighted by molar-refractivity contribution is 5.84. The van der Waals surface area contributed by atoms with Crippen LogP contribution >= 0.6 is 0 Å². The lowest BCUT2D eigenvalue weighted by atomic mass is 10.0. The van der Waals surface area contributed by atoms with Crippen LogP contribution < -0.4 is 14.4 Å². The number of hydrogen-bond acceptors (Lipinski definition) is 4. The third-order valence-electron chi connectivity index (χ3n) is 5.01. The fourth-order valence-corrected chi connectivity index (χ4v) is 3.60. The Morgan fingerprint density at radius 1 is 1.12 bits per heavy atom. The predicted molar refractivity (Wildman–Crippen MR) is 103 cm³/mol. The summed E-state index contributed by atoms with van der Waals surface area (Å²) in [6, 6.07) is 13.6. The first-order chi connectivity index (χ1) is 12.7. The molecule has 138 valence electrons. The Morgan fingerprint density at radius 3 is 2.62 bits per heavy atom. The summed E-state index contributed by atoms with van der Waals surface area (Å²) in [4.78, 5) is 6.20. The molecular weight excluding hydrogens is 328 g/mol. The SMILES string of the molecule is COc1ccc(O)c(C=NC[C@H](c2ccccc2OC)[NH+]2CCCC2)c1. The maximum atomic E-state index is 10.0. The van der Waals surface area contributed by atoms with Crippen molar-refractivity contribution in [2.45, 2.75) is 18.9 Å². The highest BCUT2D eigenvalue weighted by Crippen LogP contribution is 2.25. The largest absolute Gasteiger partial charge is 0.507 e. The summed E-state index contributed by atoms with van der Waals surface area (Å²) in [5.41, 5.74) is 1.86. The Bertz CT molecular complexity index is 755. The van der Waals surface area contributed by atoms with E-state index >= 15 is 0 Å². The number of aromatic hydroxyl groups is 1. The summed E-state index contributed by atoms with van der Waals surface area (Å²) in [6.07, 6.45) is 4.23. The lowest BCUT2D eigenvalue weighted by molar-refractivity contribution is -0.918. The summed E-state index contributed by atoms with van der Waals surface area (Å²) < 4.78 is 10.8. The van der Waals surface area contributed by atoms with Crippen molar-refractivity contribution in [3.63, 3.8) is 0 Å². The highest BCUT2D eigenvalue weighted by atomic mass is 16.5. The van der Waals surface area contributed by atoms with Crippen LogP contribution in [-0.2, 0) is 0 Å². The molecule has 0 aromatic heterocycles. The zero-order valence-corrected chi connectivity index (χ0v) is 15.4. The molecule has 0 aliphatic carbocycles. The number of phenols is 1. The van der Waals surface area contributed by atoms with Gasteiger partial charge in [0.2, 0.25) is 0 Å². The van der Waals surface area contributed by atoms with Gasteiger partial charge in [-0.15, -0.1) is 0 Å². The summed E-state index contributed by atoms with van der Waals surface area (Å²) >= 11 is 0. The maximum absolute atomic E-state index is 10.0. The summed E-state index contributed by atoms with van der Waals surface area (Å²) in [5.74, 6) is 1.82. The monoisotopic (exact) mass is 355 g/mol. The second-order valence-corrected chi connectivity index (χ2v) is 6.58. The van der Waals surface area contributed by atoms with Crippen LogP contribution in [0.1, 0.15) is 30.0 Å². The molecule has 1 heterocycles. The smallest absolute Gasteiger partial charge is 0.136 e. The summed E-state index contributed by atoms with van der Waals surface area (Å²) in [6.45, 7) is 2.96. The number of para-hydroxylation sites is 1. The Morgan fingerprint density at radius 2 is 1.88 bits per heavy atom. The number of likely N-dealkylation sites (tertiary alicyclic amines) is 1. The van der Waals surface area contributed by atoms with Gasteiger partial charge in [-0.05, 0) is 30.3 Å². The lowest BCUT2D eigenvalue weighted by Crippen LogP contribution is -3.10. The molecule has 2 aromatic carbocycles. The molecule has 26 heavy (non-hydrogen) atoms. The van der Waals surface area contributed by atoms with E-state index in [-0.39, 0.29) is 11.8 Å². The van der Waals surface area contributed by atoms with Crippen LogP contribution in [0.3, 0.4) is 0 Å². The van der Waals surface area contributed by atoms with Crippen LogP contribution in [0.15, 0.2) is 47.5 Å². The Kier molecular flexibility index (Phi) is 6.12. The standard InChI is InChI=1S/C21H26N2O3/c1-25-17-9-10-20(24)16(13-17)14-22-15-19(23-11-5-6-12-23)18-7-3-4-8-21(18)26-2/h3-4,7-10,13-14,19,24H,5-6,11-12,15H2,1-2H3/p+1/t19-/m1/s1. The fraction of sp³-hybridized carbons (Fsp3) is 0.381. The molecule has 5 heteroatoms. The number of nitrogens with one attached hydrogen (secondary N) is 1. The first-order valence-electron chi connectivity index (χ1n) is 9.07. The van der Waals surface area contributed by atoms with Crippen LogP contribution in [0, 0.1) is 0 Å². The first-order valence-corrected chi connectivity index (χ1v) is 9.07. The molecule has 0 saturated carbocycles. The van der Waals surface area contributed by atoms with Crippen LogP contribution in [-0.4, -0.2) is 45.2 Å². The van der Waals surface area contributed by atoms with Crippen LogP contribution in [0.25, 0.3) is 0 Å². The predicted octanol–water partition coefficient (Wildman–Crippen LogP) is 2.25. The van der Waals surface area contributed by atoms with Crippen molar-refractivity contribution >= 4 is 6.21 Å². The van der Waals surface area contributed by atoms with Gasteiger partial charge >= 0.3 is 0 Å². The molecule has 0 spiro atoms. The van der Waals surface area contributed by atoms with Gasteiger partial charge in [0.1, 0.15) is 23.3 Å². The number of ether oxygens (including phenoxy) is 2. The van der Waals surface area contributed by atoms with Crippen molar-refractivity contribution in [1.82, 2.24) is 0 Å². The van der Waals surface area contributed by atoms with Crippen molar-refractivity contribution in [3.05, 3.63) is 53.6 Å². The summed E-state index contributed by atoms with van der Waals surface area (Å²) in [5, 5.41) is 10.0. The number of phenolic OH excluding ortho intramolecular Hbond substituents is 1. The quantitative estimate of drug-likeness (QED) is 0.749. The Balaban J connectivity index is 1.82. The van der Waals surface area contributed by atoms with Crippen molar-refractivity contribution < 1.29 is 19.5 Å². The van der Waals surface area contributed by atoms with Crippen LogP contribution in [0.4, 0.5) is 0 Å². The third kappa shape index (κ3) is 4.17. The minimum Gasteiger partial charge on any atom is -0.507 e. The van der Waals surface area contributed by atoms with Gasteiger partial charge in [0.25, 0.3) is 0 Å². The number of hydrogen-bond donors (Lipinski definition) is 2. The van der Waals surface area contributed by atoms with E-state index in [0.717, 1.165) is 18.8 Å². The van der Waals surface area contributed by atoms with Crippen molar-refractivity contribution in [2.24, 2.45) is 4.99 Å². The van der Waals surface area contributed by atoms with E-state index in [1.165, 1.54) is 18.4 Å². The zero-order valence-electron chi connectivity index (χ0n) is 15.4. The van der Waals surface area contributed by atoms with Gasteiger partial charge in [0.05, 0.1) is 39.4 Å². The van der Waals surface area contributed by atoms with E-state index in [1.807, 2.05) is 12.1 Å². The van der Waals surface area contributed by atoms with Gasteiger partial charge in [0.15, 0.2) is 0 Å². The molecule has 1 saturated heterocycles. The molecule has 0 radical (unpaired) electrons. The van der Waals surface area contributed by atoms with E-state index in [0.29, 0.717) is 17.9 Å². The van der Waals surface area contributed by atoms with E-state index in [1.54, 1.807) is 43.5 Å². The molecule has 2 aromatic rings. The number of nitrogens with zero attached hydrogens (tertiary/aromatic N) is 1. The highest BCUT2D eigenvalue weighted by Gasteiger charge is 2.29. The Hall–Kier alpha value is -2.53. The molecule has 0 unspecified atom stereocenters. The number of quaternary nitrogens is 1. The fourth-order valence-electron chi connectivity index (χ4n) is 3.60. The number of methoxy groups -OCH3 is 2. The van der Waals surface area contributed by atoms with Crippen molar-refractivity contribution in [1.29, 1.82) is 0 Å². The minimum atomic E-state index is 0.205. The average molecular weight is 355 g/mol. The van der Waals surface area contributed by atoms with Gasteiger partial charge in [-0.3, -0.25) is 4.99 Å². The summed E-state index contributed by atoms with van der Waals surface area (Å²) in [7, 11) is 3.33. The molecule has 3 rings (SSSR count). The topological polar surface area (TPSA) is 55.5 Å². The third-order valence-corrected chi connectivity index (χ3v) is 5.01. The number of benzene rings is 2. The second kappa shape index (κ2) is 8.72. The molecule has 1 fully saturated rings. The molecule has 1 atom stereocenters. The van der Waals surface area contributed by atoms with E-state index in [9.17, 15) is 5.11 Å². The minimum absolute atomic E-state index is 0.205. The molecule has 0 bridgehead atoms. The molecular formula is C21H27N2O3+. The zero-order chi connectivity index (χ0) is 18.4. The van der Waals surface area contributed by atoms with E-state index < -0.39 is 0 Å². The molecule has 1 aliphatic heterocycles. The van der Waals surface area contributed by atoms with Gasteiger partial charge in [0, 0.05) is 24.6 Å². The molecule has 0 amide bonds. The van der Waals surface area contributed by atoms with Gasteiger partial charge in [-0.2, -0.15) is 0 Å². The number of rotatable bonds is 7. The van der Waals surface area contributed by atoms with E-state index in [4.69, 9.17) is 9.47 Å². The van der Waals surface area contributed by atoms with Crippen molar-refractivity contribution in [3.8, 4) is 17.2 Å².